The molecule has 122 valence electrons. The number of unbranched alkanes of at least 4 members (excludes halogenated alkanes) is 1. The van der Waals surface area contributed by atoms with Gasteiger partial charge < -0.3 is 15.8 Å². The van der Waals surface area contributed by atoms with E-state index in [1.165, 1.54) is 6.42 Å². The predicted octanol–water partition coefficient (Wildman–Crippen LogP) is 3.49. The molecule has 1 aliphatic rings. The van der Waals surface area contributed by atoms with Crippen molar-refractivity contribution in [1.29, 1.82) is 0 Å². The van der Waals surface area contributed by atoms with Crippen LogP contribution in [0.4, 0.5) is 5.69 Å². The number of rotatable bonds is 9. The first-order valence-electron chi connectivity index (χ1n) is 8.46. The molecule has 4 nitrogen and oxygen atoms in total. The minimum atomic E-state index is 0.105. The van der Waals surface area contributed by atoms with Crippen molar-refractivity contribution in [2.45, 2.75) is 58.4 Å². The fraction of sp³-hybridized carbons (Fsp3) is 0.611. The molecule has 3 N–H and O–H groups in total. The maximum Gasteiger partial charge on any atom is 0.227 e. The Bertz CT molecular complexity index is 498. The van der Waals surface area contributed by atoms with E-state index >= 15 is 0 Å². The molecule has 0 spiro atoms. The van der Waals surface area contributed by atoms with Crippen LogP contribution in [0.1, 0.15) is 51.5 Å². The van der Waals surface area contributed by atoms with Crippen LogP contribution in [0.15, 0.2) is 18.2 Å². The van der Waals surface area contributed by atoms with Crippen LogP contribution in [0, 0.1) is 5.92 Å². The number of nitrogens with two attached hydrogens (primary N) is 1. The summed E-state index contributed by atoms with van der Waals surface area (Å²) in [4.78, 5) is 11.9. The van der Waals surface area contributed by atoms with Crippen molar-refractivity contribution in [1.82, 2.24) is 0 Å². The maximum absolute atomic E-state index is 11.9. The molecule has 1 aromatic carbocycles. The molecule has 1 saturated carbocycles. The van der Waals surface area contributed by atoms with Gasteiger partial charge in [-0.1, -0.05) is 25.8 Å². The van der Waals surface area contributed by atoms with Gasteiger partial charge in [-0.15, -0.1) is 0 Å². The molecule has 0 radical (unpaired) electrons. The van der Waals surface area contributed by atoms with Crippen LogP contribution in [-0.2, 0) is 11.2 Å². The monoisotopic (exact) mass is 304 g/mol. The number of carbonyl (C=O) groups is 1. The summed E-state index contributed by atoms with van der Waals surface area (Å²) in [5.41, 5.74) is 8.10. The second-order valence-corrected chi connectivity index (χ2v) is 6.13. The Balaban J connectivity index is 2.03. The highest BCUT2D eigenvalue weighted by Gasteiger charge is 2.30. The second kappa shape index (κ2) is 8.18. The van der Waals surface area contributed by atoms with Gasteiger partial charge in [0, 0.05) is 12.0 Å². The lowest BCUT2D eigenvalue weighted by molar-refractivity contribution is -0.117. The van der Waals surface area contributed by atoms with Gasteiger partial charge in [0.1, 0.15) is 5.75 Å². The summed E-state index contributed by atoms with van der Waals surface area (Å²) < 4.78 is 5.69. The standard InChI is InChI=1S/C18H28N2O2/c1-3-5-6-15(19)11-13-7-10-16(17(12-13)22-4-2)20-18(21)14-8-9-14/h7,10,12,14-15H,3-6,8-9,11,19H2,1-2H3,(H,20,21). The van der Waals surface area contributed by atoms with E-state index in [4.69, 9.17) is 10.5 Å². The average Bonchev–Trinajstić information content (AvgIpc) is 3.32. The molecule has 0 bridgehead atoms. The van der Waals surface area contributed by atoms with Crippen LogP contribution >= 0.6 is 0 Å². The van der Waals surface area contributed by atoms with Gasteiger partial charge in [0.2, 0.25) is 5.91 Å². The van der Waals surface area contributed by atoms with Crippen LogP contribution in [0.25, 0.3) is 0 Å². The highest BCUT2D eigenvalue weighted by atomic mass is 16.5. The van der Waals surface area contributed by atoms with Crippen molar-refractivity contribution >= 4 is 11.6 Å². The van der Waals surface area contributed by atoms with Gasteiger partial charge >= 0.3 is 0 Å². The maximum atomic E-state index is 11.9. The SMILES string of the molecule is CCCCC(N)Cc1ccc(NC(=O)C2CC2)c(OCC)c1. The second-order valence-electron chi connectivity index (χ2n) is 6.13. The molecular formula is C18H28N2O2. The summed E-state index contributed by atoms with van der Waals surface area (Å²) >= 11 is 0. The molecule has 1 aromatic rings. The van der Waals surface area contributed by atoms with Crippen molar-refractivity contribution in [3.8, 4) is 5.75 Å². The lowest BCUT2D eigenvalue weighted by Gasteiger charge is -2.15. The van der Waals surface area contributed by atoms with Gasteiger partial charge in [-0.05, 0) is 50.3 Å². The third kappa shape index (κ3) is 5.02. The highest BCUT2D eigenvalue weighted by Crippen LogP contribution is 2.33. The van der Waals surface area contributed by atoms with Crippen molar-refractivity contribution in [2.24, 2.45) is 11.7 Å². The Kier molecular flexibility index (Phi) is 6.25. The zero-order chi connectivity index (χ0) is 15.9. The lowest BCUT2D eigenvalue weighted by atomic mass is 10.0. The molecule has 1 unspecified atom stereocenters. The molecule has 0 aromatic heterocycles. The van der Waals surface area contributed by atoms with E-state index in [0.29, 0.717) is 6.61 Å². The lowest BCUT2D eigenvalue weighted by Crippen LogP contribution is -2.22. The number of amides is 1. The Morgan fingerprint density at radius 2 is 2.18 bits per heavy atom. The summed E-state index contributed by atoms with van der Waals surface area (Å²) in [6.45, 7) is 4.71. The van der Waals surface area contributed by atoms with E-state index in [2.05, 4.69) is 12.2 Å². The van der Waals surface area contributed by atoms with Crippen LogP contribution in [0.3, 0.4) is 0 Å². The molecule has 22 heavy (non-hydrogen) atoms. The van der Waals surface area contributed by atoms with E-state index < -0.39 is 0 Å². The van der Waals surface area contributed by atoms with Crippen LogP contribution in [0.2, 0.25) is 0 Å². The first kappa shape index (κ1) is 16.8. The first-order valence-corrected chi connectivity index (χ1v) is 8.46. The Labute approximate surface area is 133 Å². The van der Waals surface area contributed by atoms with Gasteiger partial charge in [-0.25, -0.2) is 0 Å². The molecule has 1 aliphatic carbocycles. The summed E-state index contributed by atoms with van der Waals surface area (Å²) in [6, 6.07) is 6.17. The van der Waals surface area contributed by atoms with E-state index in [0.717, 1.165) is 49.1 Å². The van der Waals surface area contributed by atoms with E-state index in [1.807, 2.05) is 25.1 Å². The summed E-state index contributed by atoms with van der Waals surface area (Å²) in [5, 5.41) is 2.98. The van der Waals surface area contributed by atoms with Crippen molar-refractivity contribution < 1.29 is 9.53 Å². The van der Waals surface area contributed by atoms with Gasteiger partial charge in [0.15, 0.2) is 0 Å². The minimum Gasteiger partial charge on any atom is -0.492 e. The van der Waals surface area contributed by atoms with E-state index in [9.17, 15) is 4.79 Å². The van der Waals surface area contributed by atoms with E-state index in [-0.39, 0.29) is 17.9 Å². The number of benzene rings is 1. The smallest absolute Gasteiger partial charge is 0.227 e. The molecule has 1 amide bonds. The Morgan fingerprint density at radius 1 is 1.41 bits per heavy atom. The molecular weight excluding hydrogens is 276 g/mol. The van der Waals surface area contributed by atoms with Crippen LogP contribution in [-0.4, -0.2) is 18.6 Å². The number of hydrogen-bond acceptors (Lipinski definition) is 3. The van der Waals surface area contributed by atoms with Crippen LogP contribution in [0.5, 0.6) is 5.75 Å². The summed E-state index contributed by atoms with van der Waals surface area (Å²) in [7, 11) is 0. The first-order chi connectivity index (χ1) is 10.6. The quantitative estimate of drug-likeness (QED) is 0.734. The third-order valence-corrected chi connectivity index (χ3v) is 3.98. The number of hydrogen-bond donors (Lipinski definition) is 2. The third-order valence-electron chi connectivity index (χ3n) is 3.98. The molecule has 1 atom stereocenters. The summed E-state index contributed by atoms with van der Waals surface area (Å²) in [5.74, 6) is 1.04. The van der Waals surface area contributed by atoms with Gasteiger partial charge in [0.05, 0.1) is 12.3 Å². The minimum absolute atomic E-state index is 0.105. The Morgan fingerprint density at radius 3 is 2.82 bits per heavy atom. The fourth-order valence-corrected chi connectivity index (χ4v) is 2.52. The van der Waals surface area contributed by atoms with E-state index in [1.54, 1.807) is 0 Å². The van der Waals surface area contributed by atoms with Crippen molar-refractivity contribution in [3.63, 3.8) is 0 Å². The average molecular weight is 304 g/mol. The topological polar surface area (TPSA) is 64.3 Å². The van der Waals surface area contributed by atoms with Gasteiger partial charge in [-0.2, -0.15) is 0 Å². The number of anilines is 1. The molecule has 4 heteroatoms. The number of carbonyl (C=O) groups excluding carboxylic acids is 1. The normalized spacial score (nSPS) is 15.4. The van der Waals surface area contributed by atoms with Crippen molar-refractivity contribution in [3.05, 3.63) is 23.8 Å². The largest absolute Gasteiger partial charge is 0.492 e. The molecule has 0 heterocycles. The Hall–Kier alpha value is -1.55. The molecule has 0 aliphatic heterocycles. The number of ether oxygens (including phenoxy) is 1. The molecule has 0 saturated heterocycles. The highest BCUT2D eigenvalue weighted by molar-refractivity contribution is 5.95. The van der Waals surface area contributed by atoms with Crippen molar-refractivity contribution in [2.75, 3.05) is 11.9 Å². The fourth-order valence-electron chi connectivity index (χ4n) is 2.52. The van der Waals surface area contributed by atoms with Gasteiger partial charge in [0.25, 0.3) is 0 Å². The molecule has 2 rings (SSSR count). The zero-order valence-corrected chi connectivity index (χ0v) is 13.7. The molecule has 1 fully saturated rings. The van der Waals surface area contributed by atoms with Crippen LogP contribution < -0.4 is 15.8 Å². The predicted molar refractivity (Wildman–Crippen MR) is 90.2 cm³/mol. The van der Waals surface area contributed by atoms with Gasteiger partial charge in [-0.3, -0.25) is 4.79 Å². The summed E-state index contributed by atoms with van der Waals surface area (Å²) in [6.07, 6.45) is 6.22. The number of nitrogens with one attached hydrogen (secondary N) is 1. The zero-order valence-electron chi connectivity index (χ0n) is 13.7.